The lowest BCUT2D eigenvalue weighted by molar-refractivity contribution is 1.17. The molecule has 20 heavy (non-hydrogen) atoms. The first-order valence-corrected chi connectivity index (χ1v) is 7.06. The van der Waals surface area contributed by atoms with Crippen molar-refractivity contribution in [3.8, 4) is 0 Å². The molecule has 1 nitrogen and oxygen atoms in total. The SMILES string of the molecule is CC1=C(C)C(c2ccc3cc(C)ccc3n2)=CC=CC1. The van der Waals surface area contributed by atoms with Crippen LogP contribution in [0.4, 0.5) is 0 Å². The van der Waals surface area contributed by atoms with Gasteiger partial charge in [-0.2, -0.15) is 0 Å². The molecule has 1 heterocycles. The first-order chi connectivity index (χ1) is 9.65. The quantitative estimate of drug-likeness (QED) is 0.685. The zero-order valence-electron chi connectivity index (χ0n) is 12.3. The Morgan fingerprint density at radius 1 is 1.00 bits per heavy atom. The molecule has 0 N–H and O–H groups in total. The van der Waals surface area contributed by atoms with Crippen LogP contribution in [0.1, 0.15) is 31.5 Å². The second-order valence-electron chi connectivity index (χ2n) is 5.51. The van der Waals surface area contributed by atoms with Crippen LogP contribution in [0.15, 0.2) is 59.7 Å². The van der Waals surface area contributed by atoms with Crippen LogP contribution in [0.2, 0.25) is 0 Å². The molecule has 2 aromatic rings. The molecule has 1 aliphatic rings. The van der Waals surface area contributed by atoms with Gasteiger partial charge in [0.15, 0.2) is 0 Å². The number of nitrogens with zero attached hydrogens (tertiary/aromatic N) is 1. The Morgan fingerprint density at radius 3 is 2.70 bits per heavy atom. The molecule has 0 saturated carbocycles. The first kappa shape index (κ1) is 12.9. The minimum Gasteiger partial charge on any atom is -0.248 e. The lowest BCUT2D eigenvalue weighted by atomic mass is 9.98. The molecule has 0 atom stereocenters. The zero-order chi connectivity index (χ0) is 14.1. The van der Waals surface area contributed by atoms with E-state index in [0.29, 0.717) is 0 Å². The Hall–Kier alpha value is -2.15. The summed E-state index contributed by atoms with van der Waals surface area (Å²) in [6.45, 7) is 6.50. The van der Waals surface area contributed by atoms with Crippen LogP contribution >= 0.6 is 0 Å². The van der Waals surface area contributed by atoms with Gasteiger partial charge in [0.25, 0.3) is 0 Å². The van der Waals surface area contributed by atoms with Gasteiger partial charge in [0.2, 0.25) is 0 Å². The van der Waals surface area contributed by atoms with Crippen LogP contribution in [0.3, 0.4) is 0 Å². The third-order valence-electron chi connectivity index (χ3n) is 3.99. The molecule has 0 aliphatic heterocycles. The van der Waals surface area contributed by atoms with E-state index in [9.17, 15) is 0 Å². The van der Waals surface area contributed by atoms with Gasteiger partial charge in [-0.15, -0.1) is 0 Å². The molecule has 1 aliphatic carbocycles. The Balaban J connectivity index is 2.15. The minimum absolute atomic E-state index is 1.03. The number of aromatic nitrogens is 1. The summed E-state index contributed by atoms with van der Waals surface area (Å²) in [4.78, 5) is 4.83. The van der Waals surface area contributed by atoms with Crippen LogP contribution in [0.25, 0.3) is 16.5 Å². The van der Waals surface area contributed by atoms with Crippen molar-refractivity contribution in [2.45, 2.75) is 27.2 Å². The fourth-order valence-corrected chi connectivity index (χ4v) is 2.59. The van der Waals surface area contributed by atoms with E-state index in [2.05, 4.69) is 69.3 Å². The van der Waals surface area contributed by atoms with Gasteiger partial charge in [-0.25, -0.2) is 4.98 Å². The summed E-state index contributed by atoms with van der Waals surface area (Å²) in [5.74, 6) is 0. The van der Waals surface area contributed by atoms with Gasteiger partial charge in [-0.1, -0.05) is 41.5 Å². The number of rotatable bonds is 1. The van der Waals surface area contributed by atoms with E-state index in [1.807, 2.05) is 0 Å². The van der Waals surface area contributed by atoms with Crippen molar-refractivity contribution in [2.24, 2.45) is 0 Å². The Bertz CT molecular complexity index is 760. The van der Waals surface area contributed by atoms with E-state index < -0.39 is 0 Å². The normalized spacial score (nSPS) is 15.4. The molecular weight excluding hydrogens is 242 g/mol. The molecule has 1 aromatic carbocycles. The van der Waals surface area contributed by atoms with Gasteiger partial charge in [-0.05, 0) is 51.0 Å². The summed E-state index contributed by atoms with van der Waals surface area (Å²) >= 11 is 0. The molecule has 0 unspecified atom stereocenters. The zero-order valence-corrected chi connectivity index (χ0v) is 12.3. The van der Waals surface area contributed by atoms with Crippen LogP contribution in [-0.2, 0) is 0 Å². The highest BCUT2D eigenvalue weighted by atomic mass is 14.7. The highest BCUT2D eigenvalue weighted by Crippen LogP contribution is 2.29. The summed E-state index contributed by atoms with van der Waals surface area (Å²) in [7, 11) is 0. The first-order valence-electron chi connectivity index (χ1n) is 7.06. The molecule has 0 saturated heterocycles. The van der Waals surface area contributed by atoms with Gasteiger partial charge in [0.05, 0.1) is 11.2 Å². The highest BCUT2D eigenvalue weighted by Gasteiger charge is 2.10. The van der Waals surface area contributed by atoms with Crippen LogP contribution < -0.4 is 0 Å². The Kier molecular flexibility index (Phi) is 3.27. The maximum atomic E-state index is 4.83. The summed E-state index contributed by atoms with van der Waals surface area (Å²) < 4.78 is 0. The monoisotopic (exact) mass is 261 g/mol. The number of hydrogen-bond donors (Lipinski definition) is 0. The smallest absolute Gasteiger partial charge is 0.0712 e. The van der Waals surface area contributed by atoms with Crippen molar-refractivity contribution in [2.75, 3.05) is 0 Å². The van der Waals surface area contributed by atoms with Gasteiger partial charge in [-0.3, -0.25) is 0 Å². The standard InChI is InChI=1S/C19H19N/c1-13-8-10-18-16(12-13)9-11-19(20-18)17-7-5-4-6-14(2)15(17)3/h4-5,7-12H,6H2,1-3H3. The number of aryl methyl sites for hydroxylation is 1. The van der Waals surface area contributed by atoms with Crippen LogP contribution in [0, 0.1) is 6.92 Å². The van der Waals surface area contributed by atoms with E-state index in [1.165, 1.54) is 27.7 Å². The summed E-state index contributed by atoms with van der Waals surface area (Å²) in [5.41, 5.74) is 7.39. The summed E-state index contributed by atoms with van der Waals surface area (Å²) in [6, 6.07) is 10.7. The maximum Gasteiger partial charge on any atom is 0.0712 e. The minimum atomic E-state index is 1.03. The molecular formula is C19H19N. The highest BCUT2D eigenvalue weighted by molar-refractivity contribution is 5.85. The van der Waals surface area contributed by atoms with Crippen molar-refractivity contribution in [1.82, 2.24) is 4.98 Å². The van der Waals surface area contributed by atoms with Crippen molar-refractivity contribution < 1.29 is 0 Å². The average Bonchev–Trinajstić information content (AvgIpc) is 2.61. The second kappa shape index (κ2) is 5.09. The topological polar surface area (TPSA) is 12.9 Å². The molecule has 0 amide bonds. The number of benzene rings is 1. The number of fused-ring (bicyclic) bond motifs is 1. The van der Waals surface area contributed by atoms with E-state index in [1.54, 1.807) is 0 Å². The molecule has 0 bridgehead atoms. The van der Waals surface area contributed by atoms with Gasteiger partial charge < -0.3 is 0 Å². The number of hydrogen-bond acceptors (Lipinski definition) is 1. The largest absolute Gasteiger partial charge is 0.248 e. The summed E-state index contributed by atoms with van der Waals surface area (Å²) in [6.07, 6.45) is 7.54. The van der Waals surface area contributed by atoms with Crippen molar-refractivity contribution in [3.63, 3.8) is 0 Å². The fraction of sp³-hybridized carbons (Fsp3) is 0.211. The predicted octanol–water partition coefficient (Wildman–Crippen LogP) is 5.22. The Labute approximate surface area is 120 Å². The molecule has 0 radical (unpaired) electrons. The van der Waals surface area contributed by atoms with Crippen molar-refractivity contribution in [3.05, 3.63) is 71.0 Å². The van der Waals surface area contributed by atoms with Crippen molar-refractivity contribution in [1.29, 1.82) is 0 Å². The lowest BCUT2D eigenvalue weighted by Crippen LogP contribution is -1.93. The van der Waals surface area contributed by atoms with Crippen LogP contribution in [0.5, 0.6) is 0 Å². The van der Waals surface area contributed by atoms with Gasteiger partial charge >= 0.3 is 0 Å². The van der Waals surface area contributed by atoms with Crippen LogP contribution in [-0.4, -0.2) is 4.98 Å². The van der Waals surface area contributed by atoms with E-state index in [0.717, 1.165) is 17.6 Å². The number of allylic oxidation sites excluding steroid dienone is 6. The molecule has 1 heteroatoms. The molecule has 0 spiro atoms. The van der Waals surface area contributed by atoms with Crippen molar-refractivity contribution >= 4 is 16.5 Å². The van der Waals surface area contributed by atoms with Gasteiger partial charge in [0.1, 0.15) is 0 Å². The maximum absolute atomic E-state index is 4.83. The van der Waals surface area contributed by atoms with E-state index >= 15 is 0 Å². The lowest BCUT2D eigenvalue weighted by Gasteiger charge is -2.10. The van der Waals surface area contributed by atoms with Gasteiger partial charge in [0, 0.05) is 11.0 Å². The Morgan fingerprint density at radius 2 is 1.85 bits per heavy atom. The van der Waals surface area contributed by atoms with E-state index in [4.69, 9.17) is 4.98 Å². The second-order valence-corrected chi connectivity index (χ2v) is 5.51. The van der Waals surface area contributed by atoms with E-state index in [-0.39, 0.29) is 0 Å². The number of pyridine rings is 1. The third kappa shape index (κ3) is 2.32. The molecule has 0 fully saturated rings. The molecule has 3 rings (SSSR count). The third-order valence-corrected chi connectivity index (χ3v) is 3.99. The molecule has 1 aromatic heterocycles. The average molecular weight is 261 g/mol. The summed E-state index contributed by atoms with van der Waals surface area (Å²) in [5, 5.41) is 1.21. The predicted molar refractivity (Wildman–Crippen MR) is 86.6 cm³/mol. The fourth-order valence-electron chi connectivity index (χ4n) is 2.59. The molecule has 100 valence electrons.